The van der Waals surface area contributed by atoms with Crippen LogP contribution < -0.4 is 10.6 Å². The van der Waals surface area contributed by atoms with Gasteiger partial charge in [0.2, 0.25) is 11.8 Å². The molecule has 6 heteroatoms. The van der Waals surface area contributed by atoms with Gasteiger partial charge in [-0.2, -0.15) is 5.26 Å². The molecule has 0 bridgehead atoms. The van der Waals surface area contributed by atoms with Gasteiger partial charge in [0.1, 0.15) is 6.04 Å². The van der Waals surface area contributed by atoms with Gasteiger partial charge in [-0.25, -0.2) is 0 Å². The van der Waals surface area contributed by atoms with Crippen molar-refractivity contribution in [1.82, 2.24) is 15.5 Å². The highest BCUT2D eigenvalue weighted by Gasteiger charge is 2.27. The second kappa shape index (κ2) is 8.15. The molecule has 2 amide bonds. The number of carbonyl (C=O) groups excluding carboxylic acids is 2. The Labute approximate surface area is 130 Å². The van der Waals surface area contributed by atoms with Crippen LogP contribution in [-0.2, 0) is 16.1 Å². The zero-order chi connectivity index (χ0) is 15.8. The Hall–Kier alpha value is -2.39. The summed E-state index contributed by atoms with van der Waals surface area (Å²) in [5, 5.41) is 14.6. The SMILES string of the molecule is N#C[C@@H]1CCCN1C(=O)CNCC(=O)NCc1ccccc1. The molecule has 1 aromatic carbocycles. The van der Waals surface area contributed by atoms with Crippen LogP contribution in [0.2, 0.25) is 0 Å². The summed E-state index contributed by atoms with van der Waals surface area (Å²) in [6, 6.07) is 11.4. The number of nitrogens with one attached hydrogen (secondary N) is 2. The molecule has 1 aliphatic heterocycles. The number of benzene rings is 1. The summed E-state index contributed by atoms with van der Waals surface area (Å²) in [7, 11) is 0. The largest absolute Gasteiger partial charge is 0.351 e. The van der Waals surface area contributed by atoms with Gasteiger partial charge in [-0.1, -0.05) is 30.3 Å². The quantitative estimate of drug-likeness (QED) is 0.796. The molecule has 0 spiro atoms. The Morgan fingerprint density at radius 3 is 2.77 bits per heavy atom. The zero-order valence-corrected chi connectivity index (χ0v) is 12.4. The van der Waals surface area contributed by atoms with E-state index in [1.165, 1.54) is 0 Å². The Kier molecular flexibility index (Phi) is 5.92. The Morgan fingerprint density at radius 1 is 1.27 bits per heavy atom. The second-order valence-electron chi connectivity index (χ2n) is 5.24. The first-order chi connectivity index (χ1) is 10.7. The molecular formula is C16H20N4O2. The zero-order valence-electron chi connectivity index (χ0n) is 12.4. The van der Waals surface area contributed by atoms with Crippen molar-refractivity contribution < 1.29 is 9.59 Å². The third-order valence-electron chi connectivity index (χ3n) is 3.62. The highest BCUT2D eigenvalue weighted by Crippen LogP contribution is 2.15. The topological polar surface area (TPSA) is 85.2 Å². The minimum atomic E-state index is -0.318. The third kappa shape index (κ3) is 4.57. The molecule has 22 heavy (non-hydrogen) atoms. The van der Waals surface area contributed by atoms with Crippen molar-refractivity contribution in [2.24, 2.45) is 0 Å². The third-order valence-corrected chi connectivity index (χ3v) is 3.62. The first-order valence-electron chi connectivity index (χ1n) is 7.41. The molecule has 1 saturated heterocycles. The monoisotopic (exact) mass is 300 g/mol. The predicted molar refractivity (Wildman–Crippen MR) is 81.5 cm³/mol. The summed E-state index contributed by atoms with van der Waals surface area (Å²) in [6.45, 7) is 1.26. The fourth-order valence-corrected chi connectivity index (χ4v) is 2.44. The summed E-state index contributed by atoms with van der Waals surface area (Å²) >= 11 is 0. The van der Waals surface area contributed by atoms with Crippen LogP contribution in [0, 0.1) is 11.3 Å². The number of nitriles is 1. The lowest BCUT2D eigenvalue weighted by Gasteiger charge is -2.19. The smallest absolute Gasteiger partial charge is 0.237 e. The molecule has 2 N–H and O–H groups in total. The summed E-state index contributed by atoms with van der Waals surface area (Å²) < 4.78 is 0. The lowest BCUT2D eigenvalue weighted by molar-refractivity contribution is -0.130. The summed E-state index contributed by atoms with van der Waals surface area (Å²) in [5.74, 6) is -0.283. The number of amides is 2. The number of nitrogens with zero attached hydrogens (tertiary/aromatic N) is 2. The van der Waals surface area contributed by atoms with Crippen molar-refractivity contribution in [2.45, 2.75) is 25.4 Å². The predicted octanol–water partition coefficient (Wildman–Crippen LogP) is 0.407. The second-order valence-corrected chi connectivity index (χ2v) is 5.24. The number of hydrogen-bond donors (Lipinski definition) is 2. The molecular weight excluding hydrogens is 280 g/mol. The van der Waals surface area contributed by atoms with Gasteiger partial charge in [-0.05, 0) is 18.4 Å². The molecule has 0 aromatic heterocycles. The number of rotatable bonds is 6. The van der Waals surface area contributed by atoms with Gasteiger partial charge in [-0.3, -0.25) is 14.9 Å². The van der Waals surface area contributed by atoms with Gasteiger partial charge in [0.25, 0.3) is 0 Å². The Bertz CT molecular complexity index is 553. The molecule has 1 fully saturated rings. The van der Waals surface area contributed by atoms with Crippen molar-refractivity contribution in [2.75, 3.05) is 19.6 Å². The summed E-state index contributed by atoms with van der Waals surface area (Å²) in [4.78, 5) is 25.2. The average Bonchev–Trinajstić information content (AvgIpc) is 3.02. The Morgan fingerprint density at radius 2 is 2.05 bits per heavy atom. The van der Waals surface area contributed by atoms with E-state index in [1.54, 1.807) is 4.90 Å². The van der Waals surface area contributed by atoms with E-state index in [-0.39, 0.29) is 30.9 Å². The van der Waals surface area contributed by atoms with E-state index >= 15 is 0 Å². The lowest BCUT2D eigenvalue weighted by Crippen LogP contribution is -2.43. The average molecular weight is 300 g/mol. The molecule has 2 rings (SSSR count). The van der Waals surface area contributed by atoms with E-state index < -0.39 is 0 Å². The van der Waals surface area contributed by atoms with Crippen molar-refractivity contribution >= 4 is 11.8 Å². The molecule has 1 atom stereocenters. The van der Waals surface area contributed by atoms with Crippen molar-refractivity contribution in [1.29, 1.82) is 5.26 Å². The van der Waals surface area contributed by atoms with Crippen LogP contribution in [-0.4, -0.2) is 42.4 Å². The standard InChI is InChI=1S/C16H20N4O2/c17-9-14-7-4-8-20(14)16(22)12-18-11-15(21)19-10-13-5-2-1-3-6-13/h1-3,5-6,14,18H,4,7-8,10-12H2,(H,19,21)/t14-/m0/s1. The first kappa shape index (κ1) is 16.0. The molecule has 1 aromatic rings. The maximum absolute atomic E-state index is 12.0. The van der Waals surface area contributed by atoms with Gasteiger partial charge in [-0.15, -0.1) is 0 Å². The van der Waals surface area contributed by atoms with Crippen LogP contribution in [0.4, 0.5) is 0 Å². The van der Waals surface area contributed by atoms with Crippen LogP contribution in [0.1, 0.15) is 18.4 Å². The highest BCUT2D eigenvalue weighted by atomic mass is 16.2. The number of carbonyl (C=O) groups is 2. The van der Waals surface area contributed by atoms with E-state index in [4.69, 9.17) is 5.26 Å². The van der Waals surface area contributed by atoms with Gasteiger partial charge in [0, 0.05) is 13.1 Å². The van der Waals surface area contributed by atoms with Gasteiger partial charge in [0.15, 0.2) is 0 Å². The van der Waals surface area contributed by atoms with E-state index in [0.717, 1.165) is 18.4 Å². The first-order valence-corrected chi connectivity index (χ1v) is 7.41. The number of likely N-dealkylation sites (tertiary alicyclic amines) is 1. The molecule has 116 valence electrons. The molecule has 1 heterocycles. The fraction of sp³-hybridized carbons (Fsp3) is 0.438. The van der Waals surface area contributed by atoms with Crippen LogP contribution >= 0.6 is 0 Å². The van der Waals surface area contributed by atoms with Crippen LogP contribution in [0.15, 0.2) is 30.3 Å². The minimum Gasteiger partial charge on any atom is -0.351 e. The maximum atomic E-state index is 12.0. The van der Waals surface area contributed by atoms with Crippen molar-refractivity contribution in [3.05, 3.63) is 35.9 Å². The molecule has 0 unspecified atom stereocenters. The summed E-state index contributed by atoms with van der Waals surface area (Å²) in [5.41, 5.74) is 1.03. The van der Waals surface area contributed by atoms with Gasteiger partial charge in [0.05, 0.1) is 19.2 Å². The summed E-state index contributed by atoms with van der Waals surface area (Å²) in [6.07, 6.45) is 1.60. The molecule has 0 radical (unpaired) electrons. The van der Waals surface area contributed by atoms with E-state index in [2.05, 4.69) is 16.7 Å². The van der Waals surface area contributed by atoms with E-state index in [9.17, 15) is 9.59 Å². The molecule has 0 saturated carbocycles. The van der Waals surface area contributed by atoms with Crippen LogP contribution in [0.3, 0.4) is 0 Å². The maximum Gasteiger partial charge on any atom is 0.237 e. The normalized spacial score (nSPS) is 17.0. The highest BCUT2D eigenvalue weighted by molar-refractivity contribution is 5.81. The fourth-order valence-electron chi connectivity index (χ4n) is 2.44. The van der Waals surface area contributed by atoms with Gasteiger partial charge < -0.3 is 10.2 Å². The lowest BCUT2D eigenvalue weighted by atomic mass is 10.2. The van der Waals surface area contributed by atoms with Crippen LogP contribution in [0.5, 0.6) is 0 Å². The van der Waals surface area contributed by atoms with E-state index in [0.29, 0.717) is 13.1 Å². The molecule has 6 nitrogen and oxygen atoms in total. The number of hydrogen-bond acceptors (Lipinski definition) is 4. The Balaban J connectivity index is 1.64. The van der Waals surface area contributed by atoms with E-state index in [1.807, 2.05) is 30.3 Å². The minimum absolute atomic E-state index is 0.0803. The van der Waals surface area contributed by atoms with Crippen molar-refractivity contribution in [3.63, 3.8) is 0 Å². The molecule has 0 aliphatic carbocycles. The van der Waals surface area contributed by atoms with Crippen LogP contribution in [0.25, 0.3) is 0 Å². The van der Waals surface area contributed by atoms with Crippen molar-refractivity contribution in [3.8, 4) is 6.07 Å². The molecule has 1 aliphatic rings. The van der Waals surface area contributed by atoms with Gasteiger partial charge >= 0.3 is 0 Å².